The molecule has 0 spiro atoms. The third-order valence-corrected chi connectivity index (χ3v) is 3.21. The second kappa shape index (κ2) is 7.01. The molecule has 1 rings (SSSR count). The van der Waals surface area contributed by atoms with Crippen molar-refractivity contribution in [3.63, 3.8) is 0 Å². The number of carbonyl (C=O) groups is 3. The standard InChI is InChI=1S/C12H20N4O4/c1-2-8(15-10(17)7(14)6-13)11(18)16-5-3-4-9(16)12(19)20/h2,7-9H,1,3-6,13-14H2,(H,15,17)(H,19,20)/t7?,8-,9-/m0/s1. The van der Waals surface area contributed by atoms with E-state index in [1.54, 1.807) is 0 Å². The molecule has 1 fully saturated rings. The molecule has 2 amide bonds. The summed E-state index contributed by atoms with van der Waals surface area (Å²) in [5.41, 5.74) is 10.7. The summed E-state index contributed by atoms with van der Waals surface area (Å²) in [5, 5.41) is 11.5. The molecule has 1 heterocycles. The van der Waals surface area contributed by atoms with Crippen molar-refractivity contribution in [1.82, 2.24) is 10.2 Å². The lowest BCUT2D eigenvalue weighted by atomic mass is 10.2. The molecule has 1 unspecified atom stereocenters. The van der Waals surface area contributed by atoms with Gasteiger partial charge in [-0.05, 0) is 12.8 Å². The van der Waals surface area contributed by atoms with Crippen LogP contribution in [0.4, 0.5) is 0 Å². The van der Waals surface area contributed by atoms with Crippen molar-refractivity contribution in [2.75, 3.05) is 13.1 Å². The summed E-state index contributed by atoms with van der Waals surface area (Å²) in [4.78, 5) is 36.2. The molecular weight excluding hydrogens is 264 g/mol. The smallest absolute Gasteiger partial charge is 0.326 e. The predicted octanol–water partition coefficient (Wildman–Crippen LogP) is -1.98. The van der Waals surface area contributed by atoms with Crippen molar-refractivity contribution in [2.24, 2.45) is 11.5 Å². The van der Waals surface area contributed by atoms with Crippen LogP contribution in [0.2, 0.25) is 0 Å². The predicted molar refractivity (Wildman–Crippen MR) is 71.5 cm³/mol. The van der Waals surface area contributed by atoms with Gasteiger partial charge in [-0.3, -0.25) is 9.59 Å². The monoisotopic (exact) mass is 284 g/mol. The Labute approximate surface area is 116 Å². The van der Waals surface area contributed by atoms with Gasteiger partial charge >= 0.3 is 5.97 Å². The Morgan fingerprint density at radius 3 is 2.65 bits per heavy atom. The summed E-state index contributed by atoms with van der Waals surface area (Å²) in [6.45, 7) is 3.78. The molecule has 0 saturated carbocycles. The lowest BCUT2D eigenvalue weighted by Gasteiger charge is -2.26. The maximum atomic E-state index is 12.2. The van der Waals surface area contributed by atoms with E-state index >= 15 is 0 Å². The van der Waals surface area contributed by atoms with Gasteiger partial charge in [0.15, 0.2) is 0 Å². The van der Waals surface area contributed by atoms with Gasteiger partial charge in [0.1, 0.15) is 12.1 Å². The average molecular weight is 284 g/mol. The second-order valence-electron chi connectivity index (χ2n) is 4.59. The van der Waals surface area contributed by atoms with Gasteiger partial charge in [-0.15, -0.1) is 6.58 Å². The minimum atomic E-state index is -1.05. The minimum absolute atomic E-state index is 0.0502. The molecule has 0 aromatic rings. The van der Waals surface area contributed by atoms with Crippen LogP contribution in [-0.2, 0) is 14.4 Å². The number of nitrogens with two attached hydrogens (primary N) is 2. The number of carboxylic acid groups (broad SMARTS) is 1. The second-order valence-corrected chi connectivity index (χ2v) is 4.59. The van der Waals surface area contributed by atoms with Crippen molar-refractivity contribution < 1.29 is 19.5 Å². The highest BCUT2D eigenvalue weighted by molar-refractivity contribution is 5.93. The highest BCUT2D eigenvalue weighted by atomic mass is 16.4. The van der Waals surface area contributed by atoms with Crippen molar-refractivity contribution in [2.45, 2.75) is 31.0 Å². The number of hydrogen-bond acceptors (Lipinski definition) is 5. The van der Waals surface area contributed by atoms with Gasteiger partial charge < -0.3 is 26.8 Å². The van der Waals surface area contributed by atoms with E-state index in [0.717, 1.165) is 0 Å². The third kappa shape index (κ3) is 3.55. The fourth-order valence-electron chi connectivity index (χ4n) is 2.05. The van der Waals surface area contributed by atoms with Crippen LogP contribution < -0.4 is 16.8 Å². The van der Waals surface area contributed by atoms with Crippen LogP contribution in [0.15, 0.2) is 12.7 Å². The Hall–Kier alpha value is -1.93. The first-order valence-corrected chi connectivity index (χ1v) is 6.34. The highest BCUT2D eigenvalue weighted by Crippen LogP contribution is 2.18. The first-order chi connectivity index (χ1) is 9.42. The molecule has 0 aliphatic carbocycles. The molecule has 8 heteroatoms. The van der Waals surface area contributed by atoms with Crippen molar-refractivity contribution in [1.29, 1.82) is 0 Å². The zero-order valence-corrected chi connectivity index (χ0v) is 11.1. The number of nitrogens with one attached hydrogen (secondary N) is 1. The van der Waals surface area contributed by atoms with Gasteiger partial charge in [-0.25, -0.2) is 4.79 Å². The van der Waals surface area contributed by atoms with Gasteiger partial charge in [0.25, 0.3) is 0 Å². The molecule has 0 aromatic heterocycles. The first-order valence-electron chi connectivity index (χ1n) is 6.34. The summed E-state index contributed by atoms with van der Waals surface area (Å²) in [6, 6.07) is -2.77. The van der Waals surface area contributed by atoms with Gasteiger partial charge in [0.05, 0.1) is 6.04 Å². The Kier molecular flexibility index (Phi) is 5.66. The van der Waals surface area contributed by atoms with Crippen LogP contribution in [0.5, 0.6) is 0 Å². The number of likely N-dealkylation sites (tertiary alicyclic amines) is 1. The number of nitrogens with zero attached hydrogens (tertiary/aromatic N) is 1. The fraction of sp³-hybridized carbons (Fsp3) is 0.583. The Morgan fingerprint density at radius 2 is 2.15 bits per heavy atom. The molecule has 8 nitrogen and oxygen atoms in total. The molecule has 20 heavy (non-hydrogen) atoms. The minimum Gasteiger partial charge on any atom is -0.480 e. The van der Waals surface area contributed by atoms with Crippen molar-refractivity contribution in [3.05, 3.63) is 12.7 Å². The largest absolute Gasteiger partial charge is 0.480 e. The highest BCUT2D eigenvalue weighted by Gasteiger charge is 2.36. The number of carboxylic acids is 1. The van der Waals surface area contributed by atoms with Gasteiger partial charge in [0, 0.05) is 13.1 Å². The zero-order chi connectivity index (χ0) is 15.3. The molecule has 0 bridgehead atoms. The van der Waals surface area contributed by atoms with Gasteiger partial charge in [0.2, 0.25) is 11.8 Å². The maximum Gasteiger partial charge on any atom is 0.326 e. The number of rotatable bonds is 6. The summed E-state index contributed by atoms with van der Waals surface area (Å²) in [6.07, 6.45) is 2.27. The Bertz CT molecular complexity index is 412. The lowest BCUT2D eigenvalue weighted by Crippen LogP contribution is -2.54. The Morgan fingerprint density at radius 1 is 1.50 bits per heavy atom. The number of hydrogen-bond donors (Lipinski definition) is 4. The van der Waals surface area contributed by atoms with Crippen LogP contribution in [0, 0.1) is 0 Å². The van der Waals surface area contributed by atoms with Crippen LogP contribution >= 0.6 is 0 Å². The van der Waals surface area contributed by atoms with Gasteiger partial charge in [-0.1, -0.05) is 6.08 Å². The number of amides is 2. The molecule has 0 radical (unpaired) electrons. The molecular formula is C12H20N4O4. The Balaban J connectivity index is 2.74. The molecule has 0 aromatic carbocycles. The normalized spacial score (nSPS) is 21.1. The van der Waals surface area contributed by atoms with Gasteiger partial charge in [-0.2, -0.15) is 0 Å². The van der Waals surface area contributed by atoms with Crippen LogP contribution in [0.1, 0.15) is 12.8 Å². The summed E-state index contributed by atoms with van der Waals surface area (Å²) in [5.74, 6) is -2.12. The van der Waals surface area contributed by atoms with E-state index in [-0.39, 0.29) is 6.54 Å². The van der Waals surface area contributed by atoms with Crippen molar-refractivity contribution in [3.8, 4) is 0 Å². The number of carbonyl (C=O) groups excluding carboxylic acids is 2. The van der Waals surface area contributed by atoms with E-state index in [2.05, 4.69) is 11.9 Å². The number of aliphatic carboxylic acids is 1. The van der Waals surface area contributed by atoms with E-state index < -0.39 is 35.9 Å². The van der Waals surface area contributed by atoms with Crippen LogP contribution in [0.25, 0.3) is 0 Å². The summed E-state index contributed by atoms with van der Waals surface area (Å²) < 4.78 is 0. The van der Waals surface area contributed by atoms with Crippen LogP contribution in [-0.4, -0.2) is 59.0 Å². The van der Waals surface area contributed by atoms with E-state index in [1.165, 1.54) is 11.0 Å². The van der Waals surface area contributed by atoms with E-state index in [4.69, 9.17) is 16.6 Å². The SMILES string of the molecule is C=C[C@H](NC(=O)C(N)CN)C(=O)N1CCC[C@H]1C(=O)O. The van der Waals surface area contributed by atoms with E-state index in [9.17, 15) is 14.4 Å². The van der Waals surface area contributed by atoms with Crippen LogP contribution in [0.3, 0.4) is 0 Å². The lowest BCUT2D eigenvalue weighted by molar-refractivity contribution is -0.148. The van der Waals surface area contributed by atoms with Crippen molar-refractivity contribution >= 4 is 17.8 Å². The molecule has 3 atom stereocenters. The summed E-state index contributed by atoms with van der Waals surface area (Å²) in [7, 11) is 0. The fourth-order valence-corrected chi connectivity index (χ4v) is 2.05. The quantitative estimate of drug-likeness (QED) is 0.417. The molecule has 1 aliphatic rings. The summed E-state index contributed by atoms with van der Waals surface area (Å²) >= 11 is 0. The maximum absolute atomic E-state index is 12.2. The molecule has 1 aliphatic heterocycles. The van der Waals surface area contributed by atoms with E-state index in [1.807, 2.05) is 0 Å². The zero-order valence-electron chi connectivity index (χ0n) is 11.1. The topological polar surface area (TPSA) is 139 Å². The molecule has 6 N–H and O–H groups in total. The molecule has 1 saturated heterocycles. The average Bonchev–Trinajstić information content (AvgIpc) is 2.92. The third-order valence-electron chi connectivity index (χ3n) is 3.21. The first kappa shape index (κ1) is 16.1. The van der Waals surface area contributed by atoms with E-state index in [0.29, 0.717) is 19.4 Å². The molecule has 112 valence electrons.